The molecule has 3 aromatic rings. The molecule has 23 heavy (non-hydrogen) atoms. The van der Waals surface area contributed by atoms with Crippen LogP contribution in [0.25, 0.3) is 16.8 Å². The first-order valence-corrected chi connectivity index (χ1v) is 7.41. The second-order valence-corrected chi connectivity index (χ2v) is 5.21. The number of rotatable bonds is 4. The van der Waals surface area contributed by atoms with Crippen molar-refractivity contribution < 1.29 is 9.18 Å². The first-order chi connectivity index (χ1) is 11.2. The lowest BCUT2D eigenvalue weighted by molar-refractivity contribution is -0.116. The number of halogens is 1. The maximum absolute atomic E-state index is 13.5. The van der Waals surface area contributed by atoms with Gasteiger partial charge in [-0.3, -0.25) is 4.79 Å². The molecule has 3 rings (SSSR count). The SMILES string of the molecule is O=C(/C=C/c1cccc2ccccc12)NCc1ccccc1F. The van der Waals surface area contributed by atoms with Gasteiger partial charge in [0.2, 0.25) is 5.91 Å². The number of carbonyl (C=O) groups excluding carboxylic acids is 1. The summed E-state index contributed by atoms with van der Waals surface area (Å²) in [6, 6.07) is 20.4. The number of carbonyl (C=O) groups is 1. The molecule has 0 atom stereocenters. The Kier molecular flexibility index (Phi) is 4.48. The molecule has 0 aliphatic carbocycles. The third-order valence-corrected chi connectivity index (χ3v) is 3.65. The average Bonchev–Trinajstić information content (AvgIpc) is 2.59. The highest BCUT2D eigenvalue weighted by molar-refractivity contribution is 5.96. The minimum absolute atomic E-state index is 0.172. The summed E-state index contributed by atoms with van der Waals surface area (Å²) in [4.78, 5) is 11.9. The molecule has 0 aromatic heterocycles. The van der Waals surface area contributed by atoms with E-state index in [0.717, 1.165) is 16.3 Å². The van der Waals surface area contributed by atoms with Gasteiger partial charge >= 0.3 is 0 Å². The van der Waals surface area contributed by atoms with Crippen LogP contribution in [0, 0.1) is 5.82 Å². The zero-order valence-corrected chi connectivity index (χ0v) is 12.5. The van der Waals surface area contributed by atoms with E-state index in [9.17, 15) is 9.18 Å². The highest BCUT2D eigenvalue weighted by atomic mass is 19.1. The third kappa shape index (κ3) is 3.64. The number of amides is 1. The highest BCUT2D eigenvalue weighted by Crippen LogP contribution is 2.19. The minimum atomic E-state index is -0.314. The van der Waals surface area contributed by atoms with Gasteiger partial charge in [-0.1, -0.05) is 60.7 Å². The highest BCUT2D eigenvalue weighted by Gasteiger charge is 2.02. The van der Waals surface area contributed by atoms with Gasteiger partial charge in [0.25, 0.3) is 0 Å². The van der Waals surface area contributed by atoms with Crippen molar-refractivity contribution >= 4 is 22.8 Å². The Bertz CT molecular complexity index is 865. The first kappa shape index (κ1) is 15.0. The van der Waals surface area contributed by atoms with Crippen LogP contribution in [0.1, 0.15) is 11.1 Å². The Labute approximate surface area is 134 Å². The van der Waals surface area contributed by atoms with Gasteiger partial charge in [-0.05, 0) is 28.5 Å². The van der Waals surface area contributed by atoms with Crippen LogP contribution in [-0.2, 0) is 11.3 Å². The number of hydrogen-bond acceptors (Lipinski definition) is 1. The van der Waals surface area contributed by atoms with Gasteiger partial charge in [-0.15, -0.1) is 0 Å². The van der Waals surface area contributed by atoms with Crippen LogP contribution in [0.3, 0.4) is 0 Å². The molecule has 114 valence electrons. The molecule has 3 aromatic carbocycles. The Morgan fingerprint density at radius 2 is 1.70 bits per heavy atom. The van der Waals surface area contributed by atoms with Gasteiger partial charge < -0.3 is 5.32 Å². The lowest BCUT2D eigenvalue weighted by Crippen LogP contribution is -2.20. The number of nitrogens with one attached hydrogen (secondary N) is 1. The largest absolute Gasteiger partial charge is 0.348 e. The molecule has 0 aliphatic rings. The van der Waals surface area contributed by atoms with Crippen LogP contribution >= 0.6 is 0 Å². The van der Waals surface area contributed by atoms with E-state index in [0.29, 0.717) is 5.56 Å². The van der Waals surface area contributed by atoms with Gasteiger partial charge in [0.15, 0.2) is 0 Å². The van der Waals surface area contributed by atoms with Crippen LogP contribution in [0.2, 0.25) is 0 Å². The number of hydrogen-bond donors (Lipinski definition) is 1. The molecule has 3 heteroatoms. The Morgan fingerprint density at radius 1 is 0.957 bits per heavy atom. The van der Waals surface area contributed by atoms with Crippen molar-refractivity contribution in [1.82, 2.24) is 5.32 Å². The van der Waals surface area contributed by atoms with E-state index in [-0.39, 0.29) is 18.3 Å². The molecular weight excluding hydrogens is 289 g/mol. The van der Waals surface area contributed by atoms with Crippen molar-refractivity contribution in [2.75, 3.05) is 0 Å². The van der Waals surface area contributed by atoms with Crippen LogP contribution in [0.15, 0.2) is 72.8 Å². The van der Waals surface area contributed by atoms with E-state index in [1.54, 1.807) is 24.3 Å². The van der Waals surface area contributed by atoms with E-state index in [4.69, 9.17) is 0 Å². The summed E-state index contributed by atoms with van der Waals surface area (Å²) in [6.07, 6.45) is 3.25. The van der Waals surface area contributed by atoms with E-state index >= 15 is 0 Å². The van der Waals surface area contributed by atoms with Gasteiger partial charge in [0.05, 0.1) is 0 Å². The normalized spacial score (nSPS) is 11.0. The fourth-order valence-corrected chi connectivity index (χ4v) is 2.44. The fraction of sp³-hybridized carbons (Fsp3) is 0.0500. The molecule has 0 spiro atoms. The molecule has 0 heterocycles. The summed E-state index contributed by atoms with van der Waals surface area (Å²) in [6.45, 7) is 0.172. The Hall–Kier alpha value is -2.94. The van der Waals surface area contributed by atoms with Crippen LogP contribution < -0.4 is 5.32 Å². The zero-order chi connectivity index (χ0) is 16.1. The summed E-state index contributed by atoms with van der Waals surface area (Å²) in [7, 11) is 0. The molecule has 0 unspecified atom stereocenters. The molecule has 1 amide bonds. The summed E-state index contributed by atoms with van der Waals surface area (Å²) in [5.41, 5.74) is 1.45. The van der Waals surface area contributed by atoms with Crippen molar-refractivity contribution in [2.45, 2.75) is 6.54 Å². The van der Waals surface area contributed by atoms with E-state index in [1.165, 1.54) is 12.1 Å². The van der Waals surface area contributed by atoms with Crippen LogP contribution in [0.4, 0.5) is 4.39 Å². The molecule has 0 bridgehead atoms. The van der Waals surface area contributed by atoms with Crippen molar-refractivity contribution in [3.63, 3.8) is 0 Å². The number of fused-ring (bicyclic) bond motifs is 1. The molecule has 2 nitrogen and oxygen atoms in total. The molecular formula is C20H16FNO. The topological polar surface area (TPSA) is 29.1 Å². The van der Waals surface area contributed by atoms with Gasteiger partial charge in [0.1, 0.15) is 5.82 Å². The van der Waals surface area contributed by atoms with Crippen molar-refractivity contribution in [2.24, 2.45) is 0 Å². The van der Waals surface area contributed by atoms with Crippen LogP contribution in [-0.4, -0.2) is 5.91 Å². The average molecular weight is 305 g/mol. The maximum Gasteiger partial charge on any atom is 0.244 e. The van der Waals surface area contributed by atoms with E-state index < -0.39 is 0 Å². The Balaban J connectivity index is 1.70. The maximum atomic E-state index is 13.5. The molecule has 0 saturated heterocycles. The van der Waals surface area contributed by atoms with Crippen molar-refractivity contribution in [3.8, 4) is 0 Å². The van der Waals surface area contributed by atoms with Gasteiger partial charge in [-0.2, -0.15) is 0 Å². The van der Waals surface area contributed by atoms with Crippen molar-refractivity contribution in [3.05, 3.63) is 89.8 Å². The lowest BCUT2D eigenvalue weighted by Gasteiger charge is -2.04. The quantitative estimate of drug-likeness (QED) is 0.715. The molecule has 1 N–H and O–H groups in total. The smallest absolute Gasteiger partial charge is 0.244 e. The summed E-state index contributed by atoms with van der Waals surface area (Å²) in [5, 5.41) is 4.91. The summed E-state index contributed by atoms with van der Waals surface area (Å²) in [5.74, 6) is -0.563. The second-order valence-electron chi connectivity index (χ2n) is 5.21. The standard InChI is InChI=1S/C20H16FNO/c21-19-11-4-2-7-17(19)14-22-20(23)13-12-16-9-5-8-15-6-1-3-10-18(15)16/h1-13H,14H2,(H,22,23)/b13-12+. The third-order valence-electron chi connectivity index (χ3n) is 3.65. The monoisotopic (exact) mass is 305 g/mol. The zero-order valence-electron chi connectivity index (χ0n) is 12.5. The van der Waals surface area contributed by atoms with Gasteiger partial charge in [-0.25, -0.2) is 4.39 Å². The van der Waals surface area contributed by atoms with Crippen LogP contribution in [0.5, 0.6) is 0 Å². The van der Waals surface area contributed by atoms with E-state index in [2.05, 4.69) is 5.32 Å². The molecule has 0 radical (unpaired) electrons. The summed E-state index contributed by atoms with van der Waals surface area (Å²) >= 11 is 0. The predicted octanol–water partition coefficient (Wildman–Crippen LogP) is 4.31. The second kappa shape index (κ2) is 6.88. The minimum Gasteiger partial charge on any atom is -0.348 e. The predicted molar refractivity (Wildman–Crippen MR) is 91.2 cm³/mol. The van der Waals surface area contributed by atoms with Crippen molar-refractivity contribution in [1.29, 1.82) is 0 Å². The fourth-order valence-electron chi connectivity index (χ4n) is 2.44. The molecule has 0 saturated carbocycles. The molecule has 0 aliphatic heterocycles. The summed E-state index contributed by atoms with van der Waals surface area (Å²) < 4.78 is 13.5. The first-order valence-electron chi connectivity index (χ1n) is 7.41. The van der Waals surface area contributed by atoms with Gasteiger partial charge in [0, 0.05) is 18.2 Å². The lowest BCUT2D eigenvalue weighted by atomic mass is 10.0. The number of benzene rings is 3. The Morgan fingerprint density at radius 3 is 2.57 bits per heavy atom. The van der Waals surface area contributed by atoms with E-state index in [1.807, 2.05) is 42.5 Å². The molecule has 0 fully saturated rings.